The summed E-state index contributed by atoms with van der Waals surface area (Å²) < 4.78 is 7.48. The summed E-state index contributed by atoms with van der Waals surface area (Å²) >= 11 is 8.03. The predicted octanol–water partition coefficient (Wildman–Crippen LogP) is 6.16. The average molecular weight is 511 g/mol. The molecule has 0 spiro atoms. The first-order valence-corrected chi connectivity index (χ1v) is 10.7. The molecule has 27 heavy (non-hydrogen) atoms. The van der Waals surface area contributed by atoms with E-state index >= 15 is 0 Å². The Hall–Kier alpha value is -1.57. The zero-order valence-electron chi connectivity index (χ0n) is 14.8. The Bertz CT molecular complexity index is 902. The molecule has 2 aromatic carbocycles. The van der Waals surface area contributed by atoms with Gasteiger partial charge in [-0.2, -0.15) is 0 Å². The highest BCUT2D eigenvalue weighted by Gasteiger charge is 2.33. The molecule has 0 aromatic heterocycles. The van der Waals surface area contributed by atoms with Crippen molar-refractivity contribution in [1.29, 1.82) is 0 Å². The van der Waals surface area contributed by atoms with Gasteiger partial charge in [0.1, 0.15) is 12.4 Å². The summed E-state index contributed by atoms with van der Waals surface area (Å²) in [7, 11) is 0. The second kappa shape index (κ2) is 8.63. The Morgan fingerprint density at radius 3 is 2.30 bits per heavy atom. The molecule has 0 aliphatic carbocycles. The van der Waals surface area contributed by atoms with E-state index in [0.29, 0.717) is 23.8 Å². The normalized spacial score (nSPS) is 15.7. The second-order valence-electron chi connectivity index (χ2n) is 6.01. The number of hydrogen-bond acceptors (Lipinski definition) is 4. The summed E-state index contributed by atoms with van der Waals surface area (Å²) in [6.45, 7) is 4.66. The van der Waals surface area contributed by atoms with Gasteiger partial charge in [-0.3, -0.25) is 14.5 Å². The van der Waals surface area contributed by atoms with Crippen LogP contribution in [0.3, 0.4) is 0 Å². The molecule has 1 heterocycles. The van der Waals surface area contributed by atoms with E-state index in [4.69, 9.17) is 4.74 Å². The number of rotatable bonds is 5. The molecule has 0 N–H and O–H groups in total. The molecule has 7 heteroatoms. The number of ether oxygens (including phenoxy) is 1. The fraction of sp³-hybridized carbons (Fsp3) is 0.200. The van der Waals surface area contributed by atoms with E-state index in [2.05, 4.69) is 44.0 Å². The lowest BCUT2D eigenvalue weighted by Crippen LogP contribution is -2.27. The Labute approximate surface area is 179 Å². The Morgan fingerprint density at radius 1 is 1.11 bits per heavy atom. The molecule has 2 amide bonds. The van der Waals surface area contributed by atoms with E-state index in [-0.39, 0.29) is 11.1 Å². The Kier molecular flexibility index (Phi) is 6.44. The van der Waals surface area contributed by atoms with Gasteiger partial charge < -0.3 is 4.74 Å². The molecule has 0 radical (unpaired) electrons. The maximum atomic E-state index is 12.2. The van der Waals surface area contributed by atoms with E-state index in [1.54, 1.807) is 13.0 Å². The summed E-state index contributed by atoms with van der Waals surface area (Å²) in [6, 6.07) is 11.9. The lowest BCUT2D eigenvalue weighted by atomic mass is 10.1. The maximum absolute atomic E-state index is 12.2. The summed E-state index contributed by atoms with van der Waals surface area (Å²) in [6.07, 6.45) is 1.72. The quantitative estimate of drug-likeness (QED) is 0.452. The number of hydrogen-bond donors (Lipinski definition) is 0. The lowest BCUT2D eigenvalue weighted by Gasteiger charge is -2.12. The summed E-state index contributed by atoms with van der Waals surface area (Å²) in [5.41, 5.74) is 3.09. The van der Waals surface area contributed by atoms with Crippen LogP contribution < -0.4 is 4.74 Å². The highest BCUT2D eigenvalue weighted by Crippen LogP contribution is 2.38. The van der Waals surface area contributed by atoms with Gasteiger partial charge in [-0.1, -0.05) is 29.8 Å². The smallest absolute Gasteiger partial charge is 0.293 e. The van der Waals surface area contributed by atoms with Crippen LogP contribution in [-0.2, 0) is 11.4 Å². The molecule has 4 nitrogen and oxygen atoms in total. The van der Waals surface area contributed by atoms with Gasteiger partial charge in [0.2, 0.25) is 0 Å². The van der Waals surface area contributed by atoms with Crippen LogP contribution in [0.1, 0.15) is 23.6 Å². The number of nitrogens with zero attached hydrogens (tertiary/aromatic N) is 1. The maximum Gasteiger partial charge on any atom is 0.293 e. The van der Waals surface area contributed by atoms with Crippen LogP contribution in [-0.4, -0.2) is 22.6 Å². The van der Waals surface area contributed by atoms with Crippen LogP contribution in [0.25, 0.3) is 6.08 Å². The van der Waals surface area contributed by atoms with E-state index in [1.165, 1.54) is 10.5 Å². The van der Waals surface area contributed by atoms with E-state index < -0.39 is 0 Å². The Morgan fingerprint density at radius 2 is 1.74 bits per heavy atom. The third-order valence-corrected chi connectivity index (χ3v) is 6.10. The highest BCUT2D eigenvalue weighted by molar-refractivity contribution is 9.11. The van der Waals surface area contributed by atoms with Crippen LogP contribution in [0.2, 0.25) is 0 Å². The van der Waals surface area contributed by atoms with Gasteiger partial charge in [0.15, 0.2) is 0 Å². The molecular formula is C20H17Br2NO3S. The monoisotopic (exact) mass is 509 g/mol. The molecule has 0 unspecified atom stereocenters. The number of likely N-dealkylation sites (N-methyl/N-ethyl adjacent to an activating group) is 1. The molecule has 2 aromatic rings. The Balaban J connectivity index is 1.79. The van der Waals surface area contributed by atoms with Crippen molar-refractivity contribution in [3.8, 4) is 5.75 Å². The van der Waals surface area contributed by atoms with Crippen LogP contribution >= 0.6 is 43.6 Å². The van der Waals surface area contributed by atoms with Gasteiger partial charge in [-0.15, -0.1) is 0 Å². The van der Waals surface area contributed by atoms with Gasteiger partial charge >= 0.3 is 0 Å². The first kappa shape index (κ1) is 20.2. The van der Waals surface area contributed by atoms with Crippen molar-refractivity contribution in [2.24, 2.45) is 0 Å². The molecule has 0 atom stereocenters. The minimum Gasteiger partial charge on any atom is -0.487 e. The van der Waals surface area contributed by atoms with E-state index in [0.717, 1.165) is 31.8 Å². The minimum atomic E-state index is -0.251. The van der Waals surface area contributed by atoms with Gasteiger partial charge in [0.25, 0.3) is 11.1 Å². The van der Waals surface area contributed by atoms with Crippen molar-refractivity contribution in [2.75, 3.05) is 6.54 Å². The topological polar surface area (TPSA) is 46.6 Å². The number of halogens is 2. The summed E-state index contributed by atoms with van der Waals surface area (Å²) in [4.78, 5) is 25.7. The van der Waals surface area contributed by atoms with Gasteiger partial charge in [-0.05, 0) is 86.8 Å². The fourth-order valence-electron chi connectivity index (χ4n) is 2.56. The third kappa shape index (κ3) is 4.65. The van der Waals surface area contributed by atoms with Crippen LogP contribution in [0.4, 0.5) is 4.79 Å². The fourth-order valence-corrected chi connectivity index (χ4v) is 4.92. The largest absolute Gasteiger partial charge is 0.487 e. The van der Waals surface area contributed by atoms with Gasteiger partial charge in [-0.25, -0.2) is 0 Å². The predicted molar refractivity (Wildman–Crippen MR) is 116 cm³/mol. The van der Waals surface area contributed by atoms with Crippen molar-refractivity contribution in [2.45, 2.75) is 20.5 Å². The van der Waals surface area contributed by atoms with E-state index in [1.807, 2.05) is 31.2 Å². The number of aryl methyl sites for hydroxylation is 1. The van der Waals surface area contributed by atoms with Crippen LogP contribution in [0.15, 0.2) is 50.2 Å². The summed E-state index contributed by atoms with van der Waals surface area (Å²) in [5.74, 6) is 0.439. The molecule has 3 rings (SSSR count). The third-order valence-electron chi connectivity index (χ3n) is 4.01. The summed E-state index contributed by atoms with van der Waals surface area (Å²) in [5, 5.41) is -0.232. The van der Waals surface area contributed by atoms with Crippen molar-refractivity contribution >= 4 is 60.8 Å². The zero-order valence-corrected chi connectivity index (χ0v) is 18.8. The molecule has 140 valence electrons. The van der Waals surface area contributed by atoms with Crippen molar-refractivity contribution in [1.82, 2.24) is 4.90 Å². The number of carbonyl (C=O) groups excluding carboxylic acids is 2. The molecule has 0 bridgehead atoms. The molecule has 0 saturated carbocycles. The number of thioether (sulfide) groups is 1. The lowest BCUT2D eigenvalue weighted by molar-refractivity contribution is -0.122. The highest BCUT2D eigenvalue weighted by atomic mass is 79.9. The first-order chi connectivity index (χ1) is 12.9. The van der Waals surface area contributed by atoms with E-state index in [9.17, 15) is 9.59 Å². The minimum absolute atomic E-state index is 0.232. The SMILES string of the molecule is CCN1C(=O)S/C(=C/c2cc(Br)c(OCc3ccc(C)cc3)c(Br)c2)C1=O. The van der Waals surface area contributed by atoms with Crippen LogP contribution in [0, 0.1) is 6.92 Å². The van der Waals surface area contributed by atoms with Gasteiger partial charge in [0.05, 0.1) is 13.9 Å². The van der Waals surface area contributed by atoms with Crippen molar-refractivity contribution in [3.63, 3.8) is 0 Å². The molecule has 1 fully saturated rings. The molecule has 1 saturated heterocycles. The standard InChI is InChI=1S/C20H17Br2NO3S/c1-3-23-19(24)17(27-20(23)25)10-14-8-15(21)18(16(22)9-14)26-11-13-6-4-12(2)5-7-13/h4-10H,3,11H2,1-2H3/b17-10+. The van der Waals surface area contributed by atoms with Gasteiger partial charge in [0, 0.05) is 6.54 Å². The van der Waals surface area contributed by atoms with Crippen molar-refractivity contribution < 1.29 is 14.3 Å². The first-order valence-electron chi connectivity index (χ1n) is 8.31. The number of benzene rings is 2. The number of carbonyl (C=O) groups is 2. The second-order valence-corrected chi connectivity index (χ2v) is 8.72. The number of amides is 2. The zero-order chi connectivity index (χ0) is 19.6. The van der Waals surface area contributed by atoms with Crippen LogP contribution in [0.5, 0.6) is 5.75 Å². The number of imide groups is 1. The molecule has 1 aliphatic heterocycles. The molecular weight excluding hydrogens is 494 g/mol. The van der Waals surface area contributed by atoms with Crippen molar-refractivity contribution in [3.05, 3.63) is 66.9 Å². The molecule has 1 aliphatic rings. The average Bonchev–Trinajstić information content (AvgIpc) is 2.88.